The van der Waals surface area contributed by atoms with Gasteiger partial charge >= 0.3 is 0 Å². The fourth-order valence-corrected chi connectivity index (χ4v) is 5.44. The zero-order valence-electron chi connectivity index (χ0n) is 15.3. The number of carbonyl (C=O) groups is 1. The molecule has 2 fully saturated rings. The van der Waals surface area contributed by atoms with Gasteiger partial charge in [-0.1, -0.05) is 0 Å². The quantitative estimate of drug-likeness (QED) is 0.734. The average Bonchev–Trinajstić information content (AvgIpc) is 3.12. The van der Waals surface area contributed by atoms with Crippen LogP contribution in [0.4, 0.5) is 0 Å². The van der Waals surface area contributed by atoms with E-state index in [4.69, 9.17) is 4.98 Å². The summed E-state index contributed by atoms with van der Waals surface area (Å²) in [5, 5.41) is 9.13. The van der Waals surface area contributed by atoms with Crippen LogP contribution in [0.2, 0.25) is 0 Å². The van der Waals surface area contributed by atoms with Crippen LogP contribution in [0.3, 0.4) is 0 Å². The Bertz CT molecular complexity index is 984. The summed E-state index contributed by atoms with van der Waals surface area (Å²) in [6.07, 6.45) is 2.74. The van der Waals surface area contributed by atoms with Crippen LogP contribution < -0.4 is 0 Å². The minimum absolute atomic E-state index is 0.00623. The summed E-state index contributed by atoms with van der Waals surface area (Å²) >= 11 is 0. The topological polar surface area (TPSA) is 99.7 Å². The maximum Gasteiger partial charge on any atom is 0.163 e. The lowest BCUT2D eigenvalue weighted by Gasteiger charge is -2.12. The Balaban J connectivity index is 1.70. The van der Waals surface area contributed by atoms with Gasteiger partial charge < -0.3 is 0 Å². The van der Waals surface area contributed by atoms with Crippen molar-refractivity contribution in [3.8, 4) is 0 Å². The summed E-state index contributed by atoms with van der Waals surface area (Å²) in [5.41, 5.74) is 2.14. The van der Waals surface area contributed by atoms with Gasteiger partial charge in [-0.15, -0.1) is 0 Å². The molecule has 0 bridgehead atoms. The molecule has 0 unspecified atom stereocenters. The SMILES string of the molecule is CC(=O)c1c(C)nn(Cc2nc(C3CC3)nn2[C@@H]2CCS(=O)(=O)C2)c1C. The molecule has 1 saturated carbocycles. The molecule has 8 nitrogen and oxygen atoms in total. The van der Waals surface area contributed by atoms with Crippen molar-refractivity contribution in [3.63, 3.8) is 0 Å². The third-order valence-electron chi connectivity index (χ3n) is 5.24. The molecule has 0 amide bonds. The number of nitrogens with zero attached hydrogens (tertiary/aromatic N) is 5. The van der Waals surface area contributed by atoms with Gasteiger partial charge in [0.25, 0.3) is 0 Å². The van der Waals surface area contributed by atoms with Crippen molar-refractivity contribution in [1.82, 2.24) is 24.5 Å². The summed E-state index contributed by atoms with van der Waals surface area (Å²) < 4.78 is 27.4. The fourth-order valence-electron chi connectivity index (χ4n) is 3.75. The van der Waals surface area contributed by atoms with E-state index < -0.39 is 9.84 Å². The predicted molar refractivity (Wildman–Crippen MR) is 95.1 cm³/mol. The zero-order valence-corrected chi connectivity index (χ0v) is 16.1. The molecule has 26 heavy (non-hydrogen) atoms. The van der Waals surface area contributed by atoms with Crippen LogP contribution >= 0.6 is 0 Å². The van der Waals surface area contributed by atoms with Crippen LogP contribution in [0.15, 0.2) is 0 Å². The van der Waals surface area contributed by atoms with Crippen molar-refractivity contribution < 1.29 is 13.2 Å². The molecule has 0 N–H and O–H groups in total. The second-order valence-corrected chi connectivity index (χ2v) is 9.65. The Morgan fingerprint density at radius 2 is 1.92 bits per heavy atom. The Hall–Kier alpha value is -2.03. The zero-order chi connectivity index (χ0) is 18.6. The molecule has 1 aliphatic carbocycles. The average molecular weight is 377 g/mol. The fraction of sp³-hybridized carbons (Fsp3) is 0.647. The van der Waals surface area contributed by atoms with E-state index in [1.807, 2.05) is 13.8 Å². The Labute approximate surface area is 152 Å². The third-order valence-corrected chi connectivity index (χ3v) is 6.99. The molecular formula is C17H23N5O3S. The van der Waals surface area contributed by atoms with Crippen molar-refractivity contribution in [2.75, 3.05) is 11.5 Å². The number of hydrogen-bond donors (Lipinski definition) is 0. The summed E-state index contributed by atoms with van der Waals surface area (Å²) in [6.45, 7) is 5.62. The standard InChI is InChI=1S/C17H23N5O3S/c1-10-16(12(3)23)11(2)21(19-10)8-15-18-17(13-4-5-13)20-22(15)14-6-7-26(24,25)9-14/h13-14H,4-9H2,1-3H3/t14-/m1/s1. The maximum absolute atomic E-state index is 11.9. The first kappa shape index (κ1) is 17.4. The summed E-state index contributed by atoms with van der Waals surface area (Å²) in [5.74, 6) is 2.22. The van der Waals surface area contributed by atoms with E-state index in [1.54, 1.807) is 16.3 Å². The van der Waals surface area contributed by atoms with Gasteiger partial charge in [-0.05, 0) is 40.0 Å². The minimum Gasteiger partial charge on any atom is -0.294 e. The van der Waals surface area contributed by atoms with E-state index in [-0.39, 0.29) is 23.3 Å². The minimum atomic E-state index is -3.01. The summed E-state index contributed by atoms with van der Waals surface area (Å²) in [6, 6.07) is -0.167. The van der Waals surface area contributed by atoms with Gasteiger partial charge in [-0.2, -0.15) is 10.2 Å². The van der Waals surface area contributed by atoms with Gasteiger partial charge in [-0.3, -0.25) is 9.48 Å². The Morgan fingerprint density at radius 1 is 1.19 bits per heavy atom. The smallest absolute Gasteiger partial charge is 0.163 e. The first-order chi connectivity index (χ1) is 12.2. The molecule has 1 atom stereocenters. The molecule has 2 aromatic rings. The summed E-state index contributed by atoms with van der Waals surface area (Å²) in [4.78, 5) is 16.5. The van der Waals surface area contributed by atoms with Crippen LogP contribution in [0.5, 0.6) is 0 Å². The van der Waals surface area contributed by atoms with E-state index in [0.717, 1.165) is 30.2 Å². The van der Waals surface area contributed by atoms with Crippen molar-refractivity contribution >= 4 is 15.6 Å². The molecule has 4 rings (SSSR count). The highest BCUT2D eigenvalue weighted by Crippen LogP contribution is 2.39. The largest absolute Gasteiger partial charge is 0.294 e. The number of aromatic nitrogens is 5. The first-order valence-electron chi connectivity index (χ1n) is 8.96. The molecule has 140 valence electrons. The number of hydrogen-bond acceptors (Lipinski definition) is 6. The highest BCUT2D eigenvalue weighted by Gasteiger charge is 2.35. The van der Waals surface area contributed by atoms with E-state index in [1.165, 1.54) is 0 Å². The molecular weight excluding hydrogens is 354 g/mol. The van der Waals surface area contributed by atoms with Crippen molar-refractivity contribution in [3.05, 3.63) is 28.6 Å². The number of ketones is 1. The Kier molecular flexibility index (Phi) is 4.02. The number of sulfone groups is 1. The van der Waals surface area contributed by atoms with Gasteiger partial charge in [0, 0.05) is 11.6 Å². The van der Waals surface area contributed by atoms with Crippen LogP contribution in [0.1, 0.15) is 71.5 Å². The number of rotatable bonds is 5. The molecule has 1 aliphatic heterocycles. The van der Waals surface area contributed by atoms with Gasteiger partial charge in [0.15, 0.2) is 21.4 Å². The molecule has 1 saturated heterocycles. The van der Waals surface area contributed by atoms with Crippen LogP contribution in [0.25, 0.3) is 0 Å². The highest BCUT2D eigenvalue weighted by molar-refractivity contribution is 7.91. The number of aryl methyl sites for hydroxylation is 1. The second-order valence-electron chi connectivity index (χ2n) is 7.42. The molecule has 0 aromatic carbocycles. The molecule has 3 heterocycles. The lowest BCUT2D eigenvalue weighted by molar-refractivity contribution is 0.101. The molecule has 0 spiro atoms. The van der Waals surface area contributed by atoms with E-state index in [9.17, 15) is 13.2 Å². The van der Waals surface area contributed by atoms with E-state index in [2.05, 4.69) is 10.2 Å². The van der Waals surface area contributed by atoms with Crippen molar-refractivity contribution in [2.45, 2.75) is 58.5 Å². The first-order valence-corrected chi connectivity index (χ1v) is 10.8. The second kappa shape index (κ2) is 6.00. The van der Waals surface area contributed by atoms with Crippen LogP contribution in [-0.2, 0) is 16.4 Å². The van der Waals surface area contributed by atoms with Crippen molar-refractivity contribution in [1.29, 1.82) is 0 Å². The number of Topliss-reactive ketones (excluding diaryl/α,β-unsaturated/α-hetero) is 1. The molecule has 2 aliphatic rings. The van der Waals surface area contributed by atoms with Gasteiger partial charge in [0.1, 0.15) is 12.4 Å². The maximum atomic E-state index is 11.9. The van der Waals surface area contributed by atoms with E-state index in [0.29, 0.717) is 30.1 Å². The Morgan fingerprint density at radius 3 is 2.46 bits per heavy atom. The van der Waals surface area contributed by atoms with Crippen LogP contribution in [-0.4, -0.2) is 50.3 Å². The monoisotopic (exact) mass is 377 g/mol. The summed E-state index contributed by atoms with van der Waals surface area (Å²) in [7, 11) is -3.01. The van der Waals surface area contributed by atoms with Gasteiger partial charge in [0.05, 0.1) is 28.8 Å². The predicted octanol–water partition coefficient (Wildman–Crippen LogP) is 1.58. The molecule has 0 radical (unpaired) electrons. The van der Waals surface area contributed by atoms with Gasteiger partial charge in [-0.25, -0.2) is 18.1 Å². The molecule has 9 heteroatoms. The lowest BCUT2D eigenvalue weighted by Crippen LogP contribution is -2.18. The highest BCUT2D eigenvalue weighted by atomic mass is 32.2. The normalized spacial score (nSPS) is 22.0. The lowest BCUT2D eigenvalue weighted by atomic mass is 10.1. The van der Waals surface area contributed by atoms with Crippen LogP contribution in [0, 0.1) is 13.8 Å². The van der Waals surface area contributed by atoms with E-state index >= 15 is 0 Å². The van der Waals surface area contributed by atoms with Crippen molar-refractivity contribution in [2.24, 2.45) is 0 Å². The molecule has 2 aromatic heterocycles. The van der Waals surface area contributed by atoms with Gasteiger partial charge in [0.2, 0.25) is 0 Å². The number of carbonyl (C=O) groups excluding carboxylic acids is 1. The third kappa shape index (κ3) is 3.08.